The van der Waals surface area contributed by atoms with Crippen LogP contribution in [0.15, 0.2) is 18.2 Å². The summed E-state index contributed by atoms with van der Waals surface area (Å²) in [5.74, 6) is 0. The molecule has 0 saturated carbocycles. The lowest BCUT2D eigenvalue weighted by molar-refractivity contribution is 0.277. The molecule has 98 valence electrons. The molecule has 1 aromatic carbocycles. The van der Waals surface area contributed by atoms with Crippen LogP contribution in [0.25, 0.3) is 0 Å². The number of hydrogen-bond acceptors (Lipinski definition) is 3. The van der Waals surface area contributed by atoms with Gasteiger partial charge >= 0.3 is 0 Å². The third-order valence-electron chi connectivity index (χ3n) is 3.67. The minimum atomic E-state index is -1.78. The van der Waals surface area contributed by atoms with Gasteiger partial charge in [0.1, 0.15) is 0 Å². The molecule has 0 bridgehead atoms. The zero-order chi connectivity index (χ0) is 14.0. The zero-order valence-electron chi connectivity index (χ0n) is 11.9. The molecule has 2 N–H and O–H groups in total. The second-order valence-corrected chi connectivity index (χ2v) is 10.9. The molecule has 4 heteroatoms. The Bertz CT molecular complexity index is 470. The Labute approximate surface area is 111 Å². The highest BCUT2D eigenvalue weighted by Crippen LogP contribution is 2.37. The summed E-state index contributed by atoms with van der Waals surface area (Å²) in [6.07, 6.45) is 0. The Balaban J connectivity index is 2.84. The van der Waals surface area contributed by atoms with E-state index in [1.165, 1.54) is 0 Å². The molecule has 0 aliphatic rings. The Morgan fingerprint density at radius 3 is 2.44 bits per heavy atom. The van der Waals surface area contributed by atoms with Crippen molar-refractivity contribution in [1.29, 1.82) is 5.26 Å². The van der Waals surface area contributed by atoms with Crippen molar-refractivity contribution < 1.29 is 4.43 Å². The maximum Gasteiger partial charge on any atom is 0.192 e. The van der Waals surface area contributed by atoms with Crippen LogP contribution < -0.4 is 5.73 Å². The van der Waals surface area contributed by atoms with Gasteiger partial charge in [-0.25, -0.2) is 0 Å². The highest BCUT2D eigenvalue weighted by molar-refractivity contribution is 6.74. The fraction of sp³-hybridized carbons (Fsp3) is 0.500. The Morgan fingerprint density at radius 2 is 1.94 bits per heavy atom. The summed E-state index contributed by atoms with van der Waals surface area (Å²) in [6, 6.07) is 7.42. The van der Waals surface area contributed by atoms with Gasteiger partial charge in [0, 0.05) is 11.3 Å². The van der Waals surface area contributed by atoms with Crippen molar-refractivity contribution in [1.82, 2.24) is 0 Å². The zero-order valence-corrected chi connectivity index (χ0v) is 12.9. The number of nitrogens with zero attached hydrogens (tertiary/aromatic N) is 1. The van der Waals surface area contributed by atoms with Crippen molar-refractivity contribution in [2.75, 3.05) is 5.73 Å². The highest BCUT2D eigenvalue weighted by Gasteiger charge is 2.37. The molecular formula is C14H22N2OSi. The molecule has 0 heterocycles. The van der Waals surface area contributed by atoms with E-state index in [0.29, 0.717) is 17.9 Å². The normalized spacial score (nSPS) is 12.2. The molecule has 0 spiro atoms. The number of benzene rings is 1. The quantitative estimate of drug-likeness (QED) is 0.668. The predicted octanol–water partition coefficient (Wildman–Crippen LogP) is 3.66. The summed E-state index contributed by atoms with van der Waals surface area (Å²) in [4.78, 5) is 0. The fourth-order valence-corrected chi connectivity index (χ4v) is 2.22. The van der Waals surface area contributed by atoms with Gasteiger partial charge in [0.25, 0.3) is 0 Å². The third kappa shape index (κ3) is 3.34. The molecule has 0 unspecified atom stereocenters. The smallest absolute Gasteiger partial charge is 0.192 e. The van der Waals surface area contributed by atoms with E-state index in [9.17, 15) is 0 Å². The van der Waals surface area contributed by atoms with E-state index in [1.54, 1.807) is 12.1 Å². The summed E-state index contributed by atoms with van der Waals surface area (Å²) in [5.41, 5.74) is 8.12. The third-order valence-corrected chi connectivity index (χ3v) is 8.15. The molecule has 0 aromatic heterocycles. The van der Waals surface area contributed by atoms with E-state index in [-0.39, 0.29) is 5.04 Å². The van der Waals surface area contributed by atoms with Gasteiger partial charge in [-0.05, 0) is 36.3 Å². The number of rotatable bonds is 3. The van der Waals surface area contributed by atoms with Crippen LogP contribution >= 0.6 is 0 Å². The fourth-order valence-electron chi connectivity index (χ4n) is 1.27. The van der Waals surface area contributed by atoms with Gasteiger partial charge in [0.2, 0.25) is 0 Å². The molecule has 1 aromatic rings. The van der Waals surface area contributed by atoms with E-state index >= 15 is 0 Å². The first-order valence-electron chi connectivity index (χ1n) is 6.10. The van der Waals surface area contributed by atoms with Gasteiger partial charge in [-0.1, -0.05) is 20.8 Å². The van der Waals surface area contributed by atoms with Gasteiger partial charge in [0.15, 0.2) is 8.32 Å². The summed E-state index contributed by atoms with van der Waals surface area (Å²) in [6.45, 7) is 11.5. The van der Waals surface area contributed by atoms with Gasteiger partial charge in [-0.3, -0.25) is 0 Å². The molecule has 0 radical (unpaired) electrons. The van der Waals surface area contributed by atoms with Crippen LogP contribution in [0.4, 0.5) is 5.69 Å². The molecule has 0 aliphatic carbocycles. The van der Waals surface area contributed by atoms with Gasteiger partial charge < -0.3 is 10.2 Å². The molecule has 1 rings (SSSR count). The number of nitriles is 1. The predicted molar refractivity (Wildman–Crippen MR) is 77.6 cm³/mol. The monoisotopic (exact) mass is 262 g/mol. The van der Waals surface area contributed by atoms with E-state index in [4.69, 9.17) is 15.4 Å². The molecule has 0 aliphatic heterocycles. The minimum absolute atomic E-state index is 0.175. The maximum absolute atomic E-state index is 8.89. The Kier molecular flexibility index (Phi) is 4.20. The first kappa shape index (κ1) is 14.7. The molecule has 0 fully saturated rings. The molecular weight excluding hydrogens is 240 g/mol. The van der Waals surface area contributed by atoms with Crippen LogP contribution in [0.1, 0.15) is 31.9 Å². The van der Waals surface area contributed by atoms with Gasteiger partial charge in [-0.2, -0.15) is 5.26 Å². The second-order valence-electron chi connectivity index (χ2n) is 6.07. The average Bonchev–Trinajstić information content (AvgIpc) is 2.26. The number of nitrogen functional groups attached to an aromatic ring is 1. The largest absolute Gasteiger partial charge is 0.412 e. The molecule has 0 atom stereocenters. The van der Waals surface area contributed by atoms with Crippen molar-refractivity contribution in [3.8, 4) is 6.07 Å². The van der Waals surface area contributed by atoms with Crippen molar-refractivity contribution in [3.63, 3.8) is 0 Å². The molecule has 3 nitrogen and oxygen atoms in total. The molecule has 18 heavy (non-hydrogen) atoms. The van der Waals surface area contributed by atoms with Crippen molar-refractivity contribution in [3.05, 3.63) is 29.3 Å². The van der Waals surface area contributed by atoms with Crippen LogP contribution in [-0.4, -0.2) is 8.32 Å². The first-order valence-corrected chi connectivity index (χ1v) is 9.00. The number of nitrogens with two attached hydrogens (primary N) is 1. The summed E-state index contributed by atoms with van der Waals surface area (Å²) >= 11 is 0. The maximum atomic E-state index is 8.89. The molecule has 0 amide bonds. The summed E-state index contributed by atoms with van der Waals surface area (Å²) in [5, 5.41) is 9.06. The van der Waals surface area contributed by atoms with E-state index in [0.717, 1.165) is 5.56 Å². The Hall–Kier alpha value is -1.31. The standard InChI is InChI=1S/C14H22N2OSi/c1-14(2,3)18(4,5)17-10-12-8-11(9-15)6-7-13(12)16/h6-8H,10,16H2,1-5H3. The van der Waals surface area contributed by atoms with Crippen LogP contribution in [0.3, 0.4) is 0 Å². The van der Waals surface area contributed by atoms with E-state index in [2.05, 4.69) is 39.9 Å². The van der Waals surface area contributed by atoms with Crippen LogP contribution in [-0.2, 0) is 11.0 Å². The number of hydrogen-bond donors (Lipinski definition) is 1. The summed E-state index contributed by atoms with van der Waals surface area (Å²) in [7, 11) is -1.78. The van der Waals surface area contributed by atoms with E-state index < -0.39 is 8.32 Å². The van der Waals surface area contributed by atoms with Gasteiger partial charge in [-0.15, -0.1) is 0 Å². The average molecular weight is 262 g/mol. The topological polar surface area (TPSA) is 59.0 Å². The minimum Gasteiger partial charge on any atom is -0.412 e. The van der Waals surface area contributed by atoms with Gasteiger partial charge in [0.05, 0.1) is 18.2 Å². The van der Waals surface area contributed by atoms with Crippen molar-refractivity contribution >= 4 is 14.0 Å². The van der Waals surface area contributed by atoms with Crippen molar-refractivity contribution in [2.45, 2.75) is 45.5 Å². The highest BCUT2D eigenvalue weighted by atomic mass is 28.4. The number of anilines is 1. The van der Waals surface area contributed by atoms with Crippen molar-refractivity contribution in [2.24, 2.45) is 0 Å². The van der Waals surface area contributed by atoms with E-state index in [1.807, 2.05) is 6.07 Å². The second kappa shape index (κ2) is 5.13. The SMILES string of the molecule is CC(C)(C)[Si](C)(C)OCc1cc(C#N)ccc1N. The molecule has 0 saturated heterocycles. The first-order chi connectivity index (χ1) is 8.17. The lowest BCUT2D eigenvalue weighted by Gasteiger charge is -2.36. The van der Waals surface area contributed by atoms with Crippen LogP contribution in [0.2, 0.25) is 18.1 Å². The lowest BCUT2D eigenvalue weighted by Crippen LogP contribution is -2.40. The van der Waals surface area contributed by atoms with Crippen LogP contribution in [0, 0.1) is 11.3 Å². The summed E-state index contributed by atoms with van der Waals surface area (Å²) < 4.78 is 6.11. The lowest BCUT2D eigenvalue weighted by atomic mass is 10.1. The van der Waals surface area contributed by atoms with Crippen LogP contribution in [0.5, 0.6) is 0 Å². The Morgan fingerprint density at radius 1 is 1.33 bits per heavy atom.